The Bertz CT molecular complexity index is 1290. The number of non-ortho nitro benzene ring substituents is 1. The minimum absolute atomic E-state index is 0.0570. The number of hydrazone groups is 1. The molecule has 3 aromatic rings. The van der Waals surface area contributed by atoms with Gasteiger partial charge >= 0.3 is 0 Å². The molecule has 2 heterocycles. The van der Waals surface area contributed by atoms with Gasteiger partial charge in [0, 0.05) is 42.2 Å². The van der Waals surface area contributed by atoms with Crippen molar-refractivity contribution in [3.8, 4) is 0 Å². The molecule has 4 rings (SSSR count). The Morgan fingerprint density at radius 2 is 1.84 bits per heavy atom. The molecule has 0 atom stereocenters. The molecule has 0 saturated carbocycles. The number of amidine groups is 1. The lowest BCUT2D eigenvalue weighted by Crippen LogP contribution is -2.28. The highest BCUT2D eigenvalue weighted by Gasteiger charge is 2.31. The Balaban J connectivity index is 1.69. The summed E-state index contributed by atoms with van der Waals surface area (Å²) in [5.41, 5.74) is 1.92. The predicted octanol–water partition coefficient (Wildman–Crippen LogP) is 3.02. The van der Waals surface area contributed by atoms with Crippen LogP contribution in [0.4, 0.5) is 5.69 Å². The highest BCUT2D eigenvalue weighted by molar-refractivity contribution is 7.90. The van der Waals surface area contributed by atoms with Crippen LogP contribution < -0.4 is 0 Å². The summed E-state index contributed by atoms with van der Waals surface area (Å²) in [6.07, 6.45) is 5.38. The fourth-order valence-electron chi connectivity index (χ4n) is 3.13. The molecule has 0 fully saturated rings. The minimum atomic E-state index is -3.81. The molecule has 31 heavy (non-hydrogen) atoms. The van der Waals surface area contributed by atoms with Crippen LogP contribution in [-0.4, -0.2) is 41.9 Å². The second kappa shape index (κ2) is 8.44. The van der Waals surface area contributed by atoms with Crippen molar-refractivity contribution in [1.82, 2.24) is 9.99 Å². The Morgan fingerprint density at radius 3 is 2.61 bits per heavy atom. The van der Waals surface area contributed by atoms with Crippen LogP contribution in [0.5, 0.6) is 0 Å². The molecular formula is C21H17N5O4S. The smallest absolute Gasteiger partial charge is 0.265 e. The molecule has 0 radical (unpaired) electrons. The number of nitro benzene ring substituents is 1. The maximum atomic E-state index is 12.5. The average Bonchev–Trinajstić information content (AvgIpc) is 3.06. The van der Waals surface area contributed by atoms with E-state index < -0.39 is 14.9 Å². The molecule has 1 aliphatic heterocycles. The molecule has 0 spiro atoms. The van der Waals surface area contributed by atoms with E-state index in [0.717, 1.165) is 5.56 Å². The summed E-state index contributed by atoms with van der Waals surface area (Å²) in [5.74, 6) is 0.214. The van der Waals surface area contributed by atoms with Gasteiger partial charge < -0.3 is 0 Å². The summed E-state index contributed by atoms with van der Waals surface area (Å²) >= 11 is 0. The van der Waals surface area contributed by atoms with Crippen molar-refractivity contribution < 1.29 is 13.3 Å². The lowest BCUT2D eigenvalue weighted by Gasteiger charge is -2.19. The van der Waals surface area contributed by atoms with E-state index >= 15 is 0 Å². The van der Waals surface area contributed by atoms with Gasteiger partial charge in [-0.1, -0.05) is 24.3 Å². The fraction of sp³-hybridized carbons (Fsp3) is 0.0952. The first-order valence-electron chi connectivity index (χ1n) is 9.33. The topological polar surface area (TPSA) is 118 Å². The number of benzene rings is 2. The number of nitro groups is 1. The Morgan fingerprint density at radius 1 is 1.06 bits per heavy atom. The summed E-state index contributed by atoms with van der Waals surface area (Å²) in [5, 5.41) is 17.0. The fourth-order valence-corrected chi connectivity index (χ4v) is 4.34. The average molecular weight is 435 g/mol. The van der Waals surface area contributed by atoms with E-state index in [1.165, 1.54) is 29.4 Å². The highest BCUT2D eigenvalue weighted by atomic mass is 32.2. The Hall–Kier alpha value is -3.92. The molecule has 10 heteroatoms. The lowest BCUT2D eigenvalue weighted by atomic mass is 10.1. The number of hydrogen-bond donors (Lipinski definition) is 0. The van der Waals surface area contributed by atoms with Crippen LogP contribution in [0.2, 0.25) is 0 Å². The van der Waals surface area contributed by atoms with E-state index in [4.69, 9.17) is 0 Å². The monoisotopic (exact) mass is 435 g/mol. The quantitative estimate of drug-likeness (QED) is 0.334. The van der Waals surface area contributed by atoms with Gasteiger partial charge in [-0.3, -0.25) is 15.1 Å². The van der Waals surface area contributed by atoms with Crippen molar-refractivity contribution in [2.24, 2.45) is 9.50 Å². The van der Waals surface area contributed by atoms with Gasteiger partial charge in [0.05, 0.1) is 11.1 Å². The van der Waals surface area contributed by atoms with Crippen molar-refractivity contribution >= 4 is 27.8 Å². The van der Waals surface area contributed by atoms with Crippen molar-refractivity contribution in [3.05, 3.63) is 99.9 Å². The number of pyridine rings is 1. The Labute approximate surface area is 178 Å². The van der Waals surface area contributed by atoms with Crippen molar-refractivity contribution in [3.63, 3.8) is 0 Å². The highest BCUT2D eigenvalue weighted by Crippen LogP contribution is 2.27. The van der Waals surface area contributed by atoms with Crippen LogP contribution in [0.25, 0.3) is 0 Å². The van der Waals surface area contributed by atoms with Gasteiger partial charge in [-0.25, -0.2) is 5.01 Å². The summed E-state index contributed by atoms with van der Waals surface area (Å²) in [7, 11) is -3.81. The summed E-state index contributed by atoms with van der Waals surface area (Å²) in [6.45, 7) is 0.345. The van der Waals surface area contributed by atoms with Gasteiger partial charge in [-0.05, 0) is 36.2 Å². The minimum Gasteiger partial charge on any atom is -0.265 e. The first kappa shape index (κ1) is 20.4. The second-order valence-electron chi connectivity index (χ2n) is 6.71. The van der Waals surface area contributed by atoms with Gasteiger partial charge in [-0.2, -0.15) is 13.5 Å². The molecule has 1 aromatic heterocycles. The van der Waals surface area contributed by atoms with Crippen LogP contribution in [0.3, 0.4) is 0 Å². The number of hydrogen-bond acceptors (Lipinski definition) is 7. The molecule has 0 unspecified atom stereocenters. The van der Waals surface area contributed by atoms with Gasteiger partial charge in [-0.15, -0.1) is 4.40 Å². The summed E-state index contributed by atoms with van der Waals surface area (Å²) < 4.78 is 28.9. The van der Waals surface area contributed by atoms with E-state index in [1.807, 2.05) is 12.1 Å². The zero-order valence-corrected chi connectivity index (χ0v) is 17.0. The summed E-state index contributed by atoms with van der Waals surface area (Å²) in [6, 6.07) is 16.3. The normalized spacial score (nSPS) is 14.3. The van der Waals surface area contributed by atoms with Gasteiger partial charge in [0.1, 0.15) is 4.90 Å². The molecule has 156 valence electrons. The third-order valence-corrected chi connectivity index (χ3v) is 5.97. The van der Waals surface area contributed by atoms with E-state index in [1.54, 1.807) is 42.7 Å². The lowest BCUT2D eigenvalue weighted by molar-refractivity contribution is -0.384. The summed E-state index contributed by atoms with van der Waals surface area (Å²) in [4.78, 5) is 14.7. The molecule has 1 aliphatic rings. The van der Waals surface area contributed by atoms with Crippen LogP contribution in [0.15, 0.2) is 87.5 Å². The first-order chi connectivity index (χ1) is 14.9. The van der Waals surface area contributed by atoms with Crippen LogP contribution in [-0.2, 0) is 16.4 Å². The zero-order chi connectivity index (χ0) is 21.8. The maximum Gasteiger partial charge on any atom is 0.285 e. The van der Waals surface area contributed by atoms with Crippen molar-refractivity contribution in [2.75, 3.05) is 6.54 Å². The zero-order valence-electron chi connectivity index (χ0n) is 16.2. The molecule has 0 saturated heterocycles. The molecular weight excluding hydrogens is 418 g/mol. The number of nitrogens with zero attached hydrogens (tertiary/aromatic N) is 5. The van der Waals surface area contributed by atoms with Crippen LogP contribution >= 0.6 is 0 Å². The molecule has 0 N–H and O–H groups in total. The largest absolute Gasteiger partial charge is 0.285 e. The van der Waals surface area contributed by atoms with Gasteiger partial charge in [0.2, 0.25) is 0 Å². The molecule has 0 amide bonds. The number of aromatic nitrogens is 1. The predicted molar refractivity (Wildman–Crippen MR) is 116 cm³/mol. The van der Waals surface area contributed by atoms with E-state index in [-0.39, 0.29) is 16.4 Å². The number of fused-ring (bicyclic) bond motifs is 1. The van der Waals surface area contributed by atoms with E-state index in [9.17, 15) is 18.5 Å². The number of sulfonamides is 1. The first-order valence-corrected chi connectivity index (χ1v) is 10.8. The van der Waals surface area contributed by atoms with Gasteiger partial charge in [0.15, 0.2) is 5.84 Å². The number of rotatable bonds is 6. The third-order valence-electron chi connectivity index (χ3n) is 4.65. The van der Waals surface area contributed by atoms with Crippen molar-refractivity contribution in [2.45, 2.75) is 11.3 Å². The SMILES string of the molecule is O=[N+]([O-])c1cccc(/C=N\N(CCc2ccncc2)C2=NS(=O)(=O)c3ccccc32)c1. The van der Waals surface area contributed by atoms with Gasteiger partial charge in [0.25, 0.3) is 15.7 Å². The van der Waals surface area contributed by atoms with Crippen LogP contribution in [0.1, 0.15) is 16.7 Å². The maximum absolute atomic E-state index is 12.5. The molecule has 9 nitrogen and oxygen atoms in total. The molecule has 0 aliphatic carbocycles. The molecule has 0 bridgehead atoms. The second-order valence-corrected chi connectivity index (χ2v) is 8.28. The molecule has 2 aromatic carbocycles. The van der Waals surface area contributed by atoms with Crippen LogP contribution in [0, 0.1) is 10.1 Å². The standard InChI is InChI=1S/C21H17N5O4S/c27-26(28)18-5-3-4-17(14-18)15-23-25(13-10-16-8-11-22-12-9-16)21-19-6-1-2-7-20(19)31(29,30)24-21/h1-9,11-12,14-15H,10,13H2/b23-15-. The van der Waals surface area contributed by atoms with E-state index in [0.29, 0.717) is 24.1 Å². The van der Waals surface area contributed by atoms with Crippen molar-refractivity contribution in [1.29, 1.82) is 0 Å². The Kier molecular flexibility index (Phi) is 5.54. The van der Waals surface area contributed by atoms with E-state index in [2.05, 4.69) is 14.5 Å². The third kappa shape index (κ3) is 4.48.